The van der Waals surface area contributed by atoms with E-state index in [0.717, 1.165) is 0 Å². The molecule has 0 aliphatic carbocycles. The third-order valence-electron chi connectivity index (χ3n) is 1.57. The Balaban J connectivity index is 3.19. The number of hydrogen-bond acceptors (Lipinski definition) is 2. The molecule has 0 unspecified atom stereocenters. The SMILES string of the molecule is C[C@H](O)c1cc(Br)cnc1C(F)F. The second-order valence-corrected chi connectivity index (χ2v) is 3.52. The third-order valence-corrected chi connectivity index (χ3v) is 2.01. The van der Waals surface area contributed by atoms with Crippen molar-refractivity contribution in [3.8, 4) is 0 Å². The molecule has 0 aliphatic heterocycles. The first-order valence-electron chi connectivity index (χ1n) is 3.64. The largest absolute Gasteiger partial charge is 0.389 e. The number of aromatic nitrogens is 1. The lowest BCUT2D eigenvalue weighted by molar-refractivity contribution is 0.135. The van der Waals surface area contributed by atoms with Gasteiger partial charge >= 0.3 is 0 Å². The highest BCUT2D eigenvalue weighted by molar-refractivity contribution is 9.10. The fraction of sp³-hybridized carbons (Fsp3) is 0.375. The topological polar surface area (TPSA) is 33.1 Å². The molecule has 72 valence electrons. The Morgan fingerprint density at radius 2 is 2.15 bits per heavy atom. The number of aliphatic hydroxyl groups is 1. The monoisotopic (exact) mass is 251 g/mol. The molecule has 0 spiro atoms. The summed E-state index contributed by atoms with van der Waals surface area (Å²) in [5.41, 5.74) is -0.206. The van der Waals surface area contributed by atoms with Gasteiger partial charge in [0.1, 0.15) is 5.69 Å². The van der Waals surface area contributed by atoms with Crippen LogP contribution in [-0.4, -0.2) is 10.1 Å². The molecule has 1 rings (SSSR count). The van der Waals surface area contributed by atoms with Crippen LogP contribution in [0.4, 0.5) is 8.78 Å². The summed E-state index contributed by atoms with van der Waals surface area (Å²) in [5.74, 6) is 0. The molecule has 0 aliphatic rings. The summed E-state index contributed by atoms with van der Waals surface area (Å²) >= 11 is 3.10. The Labute approximate surface area is 82.7 Å². The quantitative estimate of drug-likeness (QED) is 0.877. The van der Waals surface area contributed by atoms with Gasteiger partial charge in [0.2, 0.25) is 0 Å². The molecule has 5 heteroatoms. The molecule has 13 heavy (non-hydrogen) atoms. The second kappa shape index (κ2) is 4.11. The zero-order valence-corrected chi connectivity index (χ0v) is 8.42. The first kappa shape index (κ1) is 10.5. The standard InChI is InChI=1S/C8H8BrF2NO/c1-4(13)6-2-5(9)3-12-7(6)8(10)11/h2-4,8,13H,1H3/t4-/m0/s1. The lowest BCUT2D eigenvalue weighted by Gasteiger charge is -2.10. The molecular formula is C8H8BrF2NO. The van der Waals surface area contributed by atoms with Crippen LogP contribution in [0.3, 0.4) is 0 Å². The van der Waals surface area contributed by atoms with Crippen molar-refractivity contribution in [3.05, 3.63) is 28.0 Å². The van der Waals surface area contributed by atoms with E-state index in [1.165, 1.54) is 19.2 Å². The molecule has 1 heterocycles. The molecule has 1 aromatic heterocycles. The number of nitrogens with zero attached hydrogens (tertiary/aromatic N) is 1. The molecular weight excluding hydrogens is 244 g/mol. The molecule has 1 aromatic rings. The molecule has 0 aromatic carbocycles. The summed E-state index contributed by atoms with van der Waals surface area (Å²) in [6, 6.07) is 1.44. The second-order valence-electron chi connectivity index (χ2n) is 2.60. The van der Waals surface area contributed by atoms with Gasteiger partial charge in [-0.1, -0.05) is 0 Å². The maximum Gasteiger partial charge on any atom is 0.280 e. The van der Waals surface area contributed by atoms with Gasteiger partial charge in [-0.15, -0.1) is 0 Å². The van der Waals surface area contributed by atoms with Gasteiger partial charge in [0.05, 0.1) is 6.10 Å². The average molecular weight is 252 g/mol. The Morgan fingerprint density at radius 3 is 2.62 bits per heavy atom. The molecule has 0 bridgehead atoms. The number of alkyl halides is 2. The van der Waals surface area contributed by atoms with Crippen molar-refractivity contribution in [2.45, 2.75) is 19.5 Å². The van der Waals surface area contributed by atoms with E-state index < -0.39 is 12.5 Å². The Bertz CT molecular complexity index is 304. The van der Waals surface area contributed by atoms with Crippen LogP contribution in [0, 0.1) is 0 Å². The summed E-state index contributed by atoms with van der Waals surface area (Å²) in [5, 5.41) is 9.18. The minimum Gasteiger partial charge on any atom is -0.389 e. The fourth-order valence-electron chi connectivity index (χ4n) is 0.982. The van der Waals surface area contributed by atoms with E-state index in [9.17, 15) is 13.9 Å². The molecule has 0 fully saturated rings. The van der Waals surface area contributed by atoms with Crippen LogP contribution in [0.25, 0.3) is 0 Å². The van der Waals surface area contributed by atoms with Crippen molar-refractivity contribution >= 4 is 15.9 Å². The Morgan fingerprint density at radius 1 is 1.54 bits per heavy atom. The number of rotatable bonds is 2. The van der Waals surface area contributed by atoms with Crippen molar-refractivity contribution in [3.63, 3.8) is 0 Å². The predicted molar refractivity (Wildman–Crippen MR) is 47.5 cm³/mol. The Hall–Kier alpha value is -0.550. The summed E-state index contributed by atoms with van der Waals surface area (Å²) in [4.78, 5) is 3.54. The van der Waals surface area contributed by atoms with Gasteiger partial charge < -0.3 is 5.11 Å². The molecule has 0 saturated heterocycles. The number of pyridine rings is 1. The highest BCUT2D eigenvalue weighted by atomic mass is 79.9. The highest BCUT2D eigenvalue weighted by Gasteiger charge is 2.17. The van der Waals surface area contributed by atoms with E-state index in [1.54, 1.807) is 0 Å². The zero-order chi connectivity index (χ0) is 10.0. The van der Waals surface area contributed by atoms with E-state index in [1.807, 2.05) is 0 Å². The van der Waals surface area contributed by atoms with E-state index in [-0.39, 0.29) is 11.3 Å². The summed E-state index contributed by atoms with van der Waals surface area (Å²) in [6.07, 6.45) is -2.31. The zero-order valence-electron chi connectivity index (χ0n) is 6.84. The number of hydrogen-bond donors (Lipinski definition) is 1. The fourth-order valence-corrected chi connectivity index (χ4v) is 1.33. The minimum absolute atomic E-state index is 0.157. The van der Waals surface area contributed by atoms with Crippen LogP contribution in [0.15, 0.2) is 16.7 Å². The van der Waals surface area contributed by atoms with Crippen LogP contribution >= 0.6 is 15.9 Å². The first-order chi connectivity index (χ1) is 6.02. The maximum atomic E-state index is 12.3. The van der Waals surface area contributed by atoms with Crippen LogP contribution in [-0.2, 0) is 0 Å². The molecule has 0 radical (unpaired) electrons. The minimum atomic E-state index is -2.65. The van der Waals surface area contributed by atoms with Crippen LogP contribution in [0.1, 0.15) is 30.7 Å². The highest BCUT2D eigenvalue weighted by Crippen LogP contribution is 2.27. The summed E-state index contributed by atoms with van der Waals surface area (Å²) < 4.78 is 25.2. The number of halogens is 3. The van der Waals surface area contributed by atoms with Gasteiger partial charge in [-0.2, -0.15) is 0 Å². The van der Waals surface area contributed by atoms with Gasteiger partial charge in [0, 0.05) is 16.2 Å². The summed E-state index contributed by atoms with van der Waals surface area (Å²) in [6.45, 7) is 1.43. The van der Waals surface area contributed by atoms with Gasteiger partial charge in [-0.05, 0) is 28.9 Å². The summed E-state index contributed by atoms with van der Waals surface area (Å²) in [7, 11) is 0. The normalized spacial score (nSPS) is 13.4. The smallest absolute Gasteiger partial charge is 0.280 e. The molecule has 1 N–H and O–H groups in total. The van der Waals surface area contributed by atoms with Crippen LogP contribution in [0.5, 0.6) is 0 Å². The van der Waals surface area contributed by atoms with Crippen LogP contribution in [0.2, 0.25) is 0 Å². The average Bonchev–Trinajstić information content (AvgIpc) is 2.03. The predicted octanol–water partition coefficient (Wildman–Crippen LogP) is 2.84. The third kappa shape index (κ3) is 2.45. The van der Waals surface area contributed by atoms with E-state index in [0.29, 0.717) is 4.47 Å². The van der Waals surface area contributed by atoms with Gasteiger partial charge in [0.25, 0.3) is 6.43 Å². The van der Waals surface area contributed by atoms with Crippen molar-refractivity contribution in [1.29, 1.82) is 0 Å². The molecule has 0 saturated carbocycles. The molecule has 0 amide bonds. The van der Waals surface area contributed by atoms with E-state index >= 15 is 0 Å². The van der Waals surface area contributed by atoms with Gasteiger partial charge in [0.15, 0.2) is 0 Å². The number of aliphatic hydroxyl groups excluding tert-OH is 1. The van der Waals surface area contributed by atoms with Crippen LogP contribution < -0.4 is 0 Å². The molecule has 2 nitrogen and oxygen atoms in total. The maximum absolute atomic E-state index is 12.3. The molecule has 1 atom stereocenters. The van der Waals surface area contributed by atoms with E-state index in [2.05, 4.69) is 20.9 Å². The van der Waals surface area contributed by atoms with E-state index in [4.69, 9.17) is 0 Å². The lowest BCUT2D eigenvalue weighted by Crippen LogP contribution is -2.01. The first-order valence-corrected chi connectivity index (χ1v) is 4.43. The Kier molecular flexibility index (Phi) is 3.33. The van der Waals surface area contributed by atoms with Crippen molar-refractivity contribution in [1.82, 2.24) is 4.98 Å². The van der Waals surface area contributed by atoms with Crippen molar-refractivity contribution in [2.75, 3.05) is 0 Å². The van der Waals surface area contributed by atoms with Gasteiger partial charge in [-0.3, -0.25) is 4.98 Å². The lowest BCUT2D eigenvalue weighted by atomic mass is 10.1. The van der Waals surface area contributed by atoms with Crippen molar-refractivity contribution < 1.29 is 13.9 Å². The van der Waals surface area contributed by atoms with Crippen molar-refractivity contribution in [2.24, 2.45) is 0 Å². The van der Waals surface area contributed by atoms with Gasteiger partial charge in [-0.25, -0.2) is 8.78 Å².